The number of para-hydroxylation sites is 1. The monoisotopic (exact) mass is 218 g/mol. The van der Waals surface area contributed by atoms with Crippen molar-refractivity contribution >= 4 is 10.9 Å². The zero-order valence-electron chi connectivity index (χ0n) is 9.79. The van der Waals surface area contributed by atoms with Crippen LogP contribution in [-0.4, -0.2) is 24.7 Å². The van der Waals surface area contributed by atoms with Crippen LogP contribution < -0.4 is 5.32 Å². The lowest BCUT2D eigenvalue weighted by Crippen LogP contribution is -2.25. The highest BCUT2D eigenvalue weighted by atomic mass is 16.5. The lowest BCUT2D eigenvalue weighted by atomic mass is 10.2. The Morgan fingerprint density at radius 2 is 2.19 bits per heavy atom. The minimum atomic E-state index is 0.255. The maximum atomic E-state index is 5.19. The van der Waals surface area contributed by atoms with E-state index < -0.39 is 0 Å². The minimum Gasteiger partial charge on any atom is -0.380 e. The van der Waals surface area contributed by atoms with Crippen LogP contribution in [-0.2, 0) is 11.3 Å². The molecule has 0 aliphatic rings. The van der Waals surface area contributed by atoms with Gasteiger partial charge < -0.3 is 15.0 Å². The zero-order valence-corrected chi connectivity index (χ0v) is 9.79. The van der Waals surface area contributed by atoms with Gasteiger partial charge in [0.15, 0.2) is 0 Å². The SMILES string of the molecule is COC(C)CNCc1c[nH]c2ccccc12. The summed E-state index contributed by atoms with van der Waals surface area (Å²) in [6.07, 6.45) is 2.32. The number of hydrogen-bond donors (Lipinski definition) is 2. The van der Waals surface area contributed by atoms with Crippen LogP contribution in [0.5, 0.6) is 0 Å². The van der Waals surface area contributed by atoms with E-state index in [0.717, 1.165) is 13.1 Å². The number of aromatic amines is 1. The van der Waals surface area contributed by atoms with E-state index in [9.17, 15) is 0 Å². The van der Waals surface area contributed by atoms with Gasteiger partial charge in [-0.2, -0.15) is 0 Å². The first kappa shape index (κ1) is 11.2. The summed E-state index contributed by atoms with van der Waals surface area (Å²) >= 11 is 0. The zero-order chi connectivity index (χ0) is 11.4. The molecule has 0 radical (unpaired) electrons. The maximum Gasteiger partial charge on any atom is 0.0667 e. The molecule has 0 saturated heterocycles. The molecule has 0 bridgehead atoms. The summed E-state index contributed by atoms with van der Waals surface area (Å²) in [4.78, 5) is 3.27. The number of methoxy groups -OCH3 is 1. The Balaban J connectivity index is 1.99. The van der Waals surface area contributed by atoms with Crippen molar-refractivity contribution in [1.29, 1.82) is 0 Å². The largest absolute Gasteiger partial charge is 0.380 e. The molecule has 0 aliphatic carbocycles. The predicted octanol–water partition coefficient (Wildman–Crippen LogP) is 2.29. The quantitative estimate of drug-likeness (QED) is 0.808. The fourth-order valence-electron chi connectivity index (χ4n) is 1.77. The van der Waals surface area contributed by atoms with Crippen molar-refractivity contribution < 1.29 is 4.74 Å². The summed E-state index contributed by atoms with van der Waals surface area (Å²) in [6.45, 7) is 3.80. The molecule has 16 heavy (non-hydrogen) atoms. The average molecular weight is 218 g/mol. The van der Waals surface area contributed by atoms with Crippen molar-refractivity contribution in [3.05, 3.63) is 36.0 Å². The molecule has 2 aromatic rings. The number of H-pyrrole nitrogens is 1. The fourth-order valence-corrected chi connectivity index (χ4v) is 1.77. The van der Waals surface area contributed by atoms with Gasteiger partial charge in [0.25, 0.3) is 0 Å². The summed E-state index contributed by atoms with van der Waals surface area (Å²) < 4.78 is 5.19. The van der Waals surface area contributed by atoms with Crippen LogP contribution in [0.2, 0.25) is 0 Å². The molecule has 1 atom stereocenters. The molecule has 0 spiro atoms. The van der Waals surface area contributed by atoms with E-state index in [1.54, 1.807) is 7.11 Å². The van der Waals surface area contributed by atoms with Crippen LogP contribution >= 0.6 is 0 Å². The second-order valence-electron chi connectivity index (χ2n) is 4.04. The number of fused-ring (bicyclic) bond motifs is 1. The fraction of sp³-hybridized carbons (Fsp3) is 0.385. The molecule has 1 aromatic heterocycles. The van der Waals surface area contributed by atoms with E-state index in [0.29, 0.717) is 0 Å². The van der Waals surface area contributed by atoms with E-state index in [-0.39, 0.29) is 6.10 Å². The van der Waals surface area contributed by atoms with Crippen molar-refractivity contribution in [3.8, 4) is 0 Å². The molecule has 0 aliphatic heterocycles. The molecule has 2 rings (SSSR count). The third-order valence-electron chi connectivity index (χ3n) is 2.82. The van der Waals surface area contributed by atoms with E-state index in [1.807, 2.05) is 6.07 Å². The molecular formula is C13H18N2O. The molecule has 0 amide bonds. The Hall–Kier alpha value is -1.32. The highest BCUT2D eigenvalue weighted by molar-refractivity contribution is 5.82. The number of ether oxygens (including phenoxy) is 1. The van der Waals surface area contributed by atoms with Gasteiger partial charge in [0.1, 0.15) is 0 Å². The molecule has 1 aromatic carbocycles. The van der Waals surface area contributed by atoms with Gasteiger partial charge in [-0.05, 0) is 18.6 Å². The first-order chi connectivity index (χ1) is 7.81. The van der Waals surface area contributed by atoms with Crippen LogP contribution in [0.15, 0.2) is 30.5 Å². The van der Waals surface area contributed by atoms with E-state index in [1.165, 1.54) is 16.5 Å². The first-order valence-electron chi connectivity index (χ1n) is 5.59. The van der Waals surface area contributed by atoms with Crippen molar-refractivity contribution in [2.45, 2.75) is 19.6 Å². The molecule has 3 heteroatoms. The first-order valence-corrected chi connectivity index (χ1v) is 5.59. The normalized spacial score (nSPS) is 13.1. The number of rotatable bonds is 5. The summed E-state index contributed by atoms with van der Waals surface area (Å²) in [7, 11) is 1.73. The maximum absolute atomic E-state index is 5.19. The molecule has 1 unspecified atom stereocenters. The third-order valence-corrected chi connectivity index (χ3v) is 2.82. The summed E-state index contributed by atoms with van der Waals surface area (Å²) in [5.74, 6) is 0. The number of aromatic nitrogens is 1. The predicted molar refractivity (Wildman–Crippen MR) is 66.5 cm³/mol. The van der Waals surface area contributed by atoms with Gasteiger partial charge >= 0.3 is 0 Å². The van der Waals surface area contributed by atoms with Gasteiger partial charge in [0, 0.05) is 37.3 Å². The summed E-state index contributed by atoms with van der Waals surface area (Å²) in [6, 6.07) is 8.35. The Kier molecular flexibility index (Phi) is 3.59. The van der Waals surface area contributed by atoms with Crippen molar-refractivity contribution in [2.24, 2.45) is 0 Å². The van der Waals surface area contributed by atoms with Crippen LogP contribution in [0.1, 0.15) is 12.5 Å². The Morgan fingerprint density at radius 3 is 3.00 bits per heavy atom. The van der Waals surface area contributed by atoms with Crippen LogP contribution in [0.25, 0.3) is 10.9 Å². The van der Waals surface area contributed by atoms with Gasteiger partial charge in [0.05, 0.1) is 6.10 Å². The van der Waals surface area contributed by atoms with Gasteiger partial charge in [-0.25, -0.2) is 0 Å². The molecule has 2 N–H and O–H groups in total. The van der Waals surface area contributed by atoms with Crippen LogP contribution in [0.3, 0.4) is 0 Å². The average Bonchev–Trinajstić information content (AvgIpc) is 2.73. The number of benzene rings is 1. The number of hydrogen-bond acceptors (Lipinski definition) is 2. The lowest BCUT2D eigenvalue weighted by Gasteiger charge is -2.10. The topological polar surface area (TPSA) is 37.0 Å². The van der Waals surface area contributed by atoms with Gasteiger partial charge in [-0.15, -0.1) is 0 Å². The molecule has 0 fully saturated rings. The molecule has 1 heterocycles. The Morgan fingerprint density at radius 1 is 1.38 bits per heavy atom. The van der Waals surface area contributed by atoms with Crippen LogP contribution in [0, 0.1) is 0 Å². The molecule has 0 saturated carbocycles. The lowest BCUT2D eigenvalue weighted by molar-refractivity contribution is 0.117. The second-order valence-corrected chi connectivity index (χ2v) is 4.04. The second kappa shape index (κ2) is 5.14. The Labute approximate surface area is 95.8 Å². The minimum absolute atomic E-state index is 0.255. The van der Waals surface area contributed by atoms with E-state index in [2.05, 4.69) is 41.6 Å². The van der Waals surface area contributed by atoms with E-state index >= 15 is 0 Å². The Bertz CT molecular complexity index is 450. The molecule has 3 nitrogen and oxygen atoms in total. The van der Waals surface area contributed by atoms with Crippen molar-refractivity contribution in [2.75, 3.05) is 13.7 Å². The van der Waals surface area contributed by atoms with Gasteiger partial charge in [-0.3, -0.25) is 0 Å². The van der Waals surface area contributed by atoms with E-state index in [4.69, 9.17) is 4.74 Å². The third kappa shape index (κ3) is 2.43. The van der Waals surface area contributed by atoms with Gasteiger partial charge in [-0.1, -0.05) is 18.2 Å². The van der Waals surface area contributed by atoms with Crippen molar-refractivity contribution in [1.82, 2.24) is 10.3 Å². The standard InChI is InChI=1S/C13H18N2O/c1-10(16-2)7-14-8-11-9-15-13-6-4-3-5-12(11)13/h3-6,9-10,14-15H,7-8H2,1-2H3. The molecular weight excluding hydrogens is 200 g/mol. The summed E-state index contributed by atoms with van der Waals surface area (Å²) in [5, 5.41) is 4.68. The van der Waals surface area contributed by atoms with Gasteiger partial charge in [0.2, 0.25) is 0 Å². The molecule has 86 valence electrons. The smallest absolute Gasteiger partial charge is 0.0667 e. The van der Waals surface area contributed by atoms with Crippen LogP contribution in [0.4, 0.5) is 0 Å². The summed E-state index contributed by atoms with van der Waals surface area (Å²) in [5.41, 5.74) is 2.50. The van der Waals surface area contributed by atoms with Crippen molar-refractivity contribution in [3.63, 3.8) is 0 Å². The number of nitrogens with one attached hydrogen (secondary N) is 2. The highest BCUT2D eigenvalue weighted by Gasteiger charge is 2.03. The highest BCUT2D eigenvalue weighted by Crippen LogP contribution is 2.17.